The van der Waals surface area contributed by atoms with Crippen LogP contribution in [0.3, 0.4) is 0 Å². The molecule has 1 atom stereocenters. The number of carbonyl (C=O) groups is 1. The second kappa shape index (κ2) is 5.03. The first-order valence-corrected chi connectivity index (χ1v) is 3.59. The Hall–Kier alpha value is -0.820. The minimum atomic E-state index is -4.86. The van der Waals surface area contributed by atoms with Gasteiger partial charge in [0.1, 0.15) is 0 Å². The largest absolute Gasteiger partial charge is 0.471 e. The van der Waals surface area contributed by atoms with Gasteiger partial charge in [-0.05, 0) is 6.42 Å². The van der Waals surface area contributed by atoms with E-state index in [1.54, 1.807) is 5.32 Å². The van der Waals surface area contributed by atoms with Crippen LogP contribution >= 0.6 is 0 Å². The summed E-state index contributed by atoms with van der Waals surface area (Å²) in [6.45, 7) is -0.512. The summed E-state index contributed by atoms with van der Waals surface area (Å²) in [6.07, 6.45) is -4.75. The monoisotopic (exact) mass is 200 g/mol. The first-order chi connectivity index (χ1) is 5.88. The van der Waals surface area contributed by atoms with E-state index < -0.39 is 18.1 Å². The van der Waals surface area contributed by atoms with Crippen molar-refractivity contribution in [2.75, 3.05) is 13.2 Å². The van der Waals surface area contributed by atoms with E-state index in [1.165, 1.54) is 0 Å². The number of halogens is 3. The Morgan fingerprint density at radius 1 is 1.54 bits per heavy atom. The van der Waals surface area contributed by atoms with Gasteiger partial charge in [-0.25, -0.2) is 0 Å². The van der Waals surface area contributed by atoms with Gasteiger partial charge in [0, 0.05) is 12.6 Å². The molecule has 0 aromatic rings. The lowest BCUT2D eigenvalue weighted by molar-refractivity contribution is -0.173. The van der Waals surface area contributed by atoms with Crippen LogP contribution in [0.25, 0.3) is 0 Å². The highest BCUT2D eigenvalue weighted by Gasteiger charge is 2.38. The van der Waals surface area contributed by atoms with Crippen molar-refractivity contribution in [1.82, 2.24) is 5.32 Å². The Morgan fingerprint density at radius 3 is 2.46 bits per heavy atom. The molecule has 0 saturated heterocycles. The van der Waals surface area contributed by atoms with Crippen LogP contribution in [-0.2, 0) is 4.79 Å². The highest BCUT2D eigenvalue weighted by atomic mass is 19.4. The molecule has 7 heteroatoms. The third-order valence-corrected chi connectivity index (χ3v) is 1.29. The number of alkyl halides is 3. The van der Waals surface area contributed by atoms with Crippen LogP contribution in [0.2, 0.25) is 0 Å². The van der Waals surface area contributed by atoms with Crippen LogP contribution in [0.1, 0.15) is 6.42 Å². The molecule has 4 N–H and O–H groups in total. The fourth-order valence-corrected chi connectivity index (χ4v) is 0.563. The van der Waals surface area contributed by atoms with Gasteiger partial charge in [0.15, 0.2) is 0 Å². The molecule has 0 fully saturated rings. The van der Waals surface area contributed by atoms with Crippen LogP contribution in [0.5, 0.6) is 0 Å². The molecule has 1 amide bonds. The van der Waals surface area contributed by atoms with Gasteiger partial charge in [-0.3, -0.25) is 4.79 Å². The van der Waals surface area contributed by atoms with Crippen LogP contribution in [0.4, 0.5) is 13.2 Å². The molecule has 0 spiro atoms. The number of hydrogen-bond donors (Lipinski definition) is 3. The first kappa shape index (κ1) is 12.2. The molecular weight excluding hydrogens is 189 g/mol. The number of hydrogen-bond acceptors (Lipinski definition) is 3. The molecular formula is C6H11F3N2O2. The van der Waals surface area contributed by atoms with Crippen molar-refractivity contribution in [3.63, 3.8) is 0 Å². The fraction of sp³-hybridized carbons (Fsp3) is 0.833. The summed E-state index contributed by atoms with van der Waals surface area (Å²) in [5.74, 6) is -1.99. The van der Waals surface area contributed by atoms with Gasteiger partial charge in [0.2, 0.25) is 0 Å². The first-order valence-electron chi connectivity index (χ1n) is 3.59. The molecule has 0 saturated carbocycles. The van der Waals surface area contributed by atoms with Gasteiger partial charge >= 0.3 is 12.1 Å². The van der Waals surface area contributed by atoms with Crippen molar-refractivity contribution in [2.45, 2.75) is 18.6 Å². The van der Waals surface area contributed by atoms with Crippen LogP contribution in [0, 0.1) is 0 Å². The molecule has 0 aliphatic rings. The van der Waals surface area contributed by atoms with E-state index in [1.807, 2.05) is 0 Å². The Balaban J connectivity index is 3.60. The molecule has 0 aliphatic carbocycles. The van der Waals surface area contributed by atoms with E-state index in [0.717, 1.165) is 0 Å². The van der Waals surface area contributed by atoms with E-state index in [2.05, 4.69) is 0 Å². The van der Waals surface area contributed by atoms with E-state index >= 15 is 0 Å². The normalized spacial score (nSPS) is 13.9. The molecule has 0 rings (SSSR count). The van der Waals surface area contributed by atoms with Crippen molar-refractivity contribution in [1.29, 1.82) is 0 Å². The number of amides is 1. The number of nitrogens with one attached hydrogen (secondary N) is 1. The smallest absolute Gasteiger partial charge is 0.395 e. The lowest BCUT2D eigenvalue weighted by atomic mass is 10.2. The molecule has 0 aromatic carbocycles. The van der Waals surface area contributed by atoms with Crippen LogP contribution in [-0.4, -0.2) is 36.4 Å². The maximum atomic E-state index is 11.6. The maximum Gasteiger partial charge on any atom is 0.471 e. The van der Waals surface area contributed by atoms with Gasteiger partial charge in [-0.15, -0.1) is 0 Å². The minimum absolute atomic E-state index is 0.109. The van der Waals surface area contributed by atoms with Crippen LogP contribution < -0.4 is 11.1 Å². The highest BCUT2D eigenvalue weighted by molar-refractivity contribution is 5.81. The zero-order valence-corrected chi connectivity index (χ0v) is 6.77. The van der Waals surface area contributed by atoms with Gasteiger partial charge in [0.25, 0.3) is 0 Å². The molecule has 0 aliphatic heterocycles. The Kier molecular flexibility index (Phi) is 4.71. The minimum Gasteiger partial charge on any atom is -0.395 e. The number of aliphatic hydroxyl groups excluding tert-OH is 1. The number of nitrogens with two attached hydrogens (primary N) is 1. The SMILES string of the molecule is NC(CO)CCNC(=O)C(F)(F)F. The predicted octanol–water partition coefficient (Wildman–Crippen LogP) is -0.625. The molecule has 0 heterocycles. The maximum absolute atomic E-state index is 11.6. The summed E-state index contributed by atoms with van der Waals surface area (Å²) in [4.78, 5) is 10.2. The summed E-state index contributed by atoms with van der Waals surface area (Å²) in [6, 6.07) is -0.603. The molecule has 13 heavy (non-hydrogen) atoms. The Morgan fingerprint density at radius 2 is 2.08 bits per heavy atom. The lowest BCUT2D eigenvalue weighted by Crippen LogP contribution is -2.39. The Bertz CT molecular complexity index is 172. The fourth-order valence-electron chi connectivity index (χ4n) is 0.563. The van der Waals surface area contributed by atoms with Crippen molar-refractivity contribution in [3.8, 4) is 0 Å². The van der Waals surface area contributed by atoms with E-state index in [4.69, 9.17) is 10.8 Å². The van der Waals surface area contributed by atoms with Gasteiger partial charge < -0.3 is 16.2 Å². The third-order valence-electron chi connectivity index (χ3n) is 1.29. The summed E-state index contributed by atoms with van der Waals surface area (Å²) in [7, 11) is 0. The van der Waals surface area contributed by atoms with Gasteiger partial charge in [-0.2, -0.15) is 13.2 Å². The van der Waals surface area contributed by atoms with Crippen molar-refractivity contribution in [3.05, 3.63) is 0 Å². The summed E-state index contributed by atoms with van der Waals surface area (Å²) < 4.78 is 34.7. The van der Waals surface area contributed by atoms with Gasteiger partial charge in [-0.1, -0.05) is 0 Å². The second-order valence-electron chi connectivity index (χ2n) is 2.48. The van der Waals surface area contributed by atoms with Crippen molar-refractivity contribution < 1.29 is 23.1 Å². The molecule has 78 valence electrons. The van der Waals surface area contributed by atoms with E-state index in [0.29, 0.717) is 0 Å². The van der Waals surface area contributed by atoms with Gasteiger partial charge in [0.05, 0.1) is 6.61 Å². The molecule has 0 radical (unpaired) electrons. The predicted molar refractivity (Wildman–Crippen MR) is 38.7 cm³/mol. The molecule has 4 nitrogen and oxygen atoms in total. The zero-order valence-electron chi connectivity index (χ0n) is 6.77. The second-order valence-corrected chi connectivity index (χ2v) is 2.48. The standard InChI is InChI=1S/C6H11F3N2O2/c7-6(8,9)5(13)11-2-1-4(10)3-12/h4,12H,1-3,10H2,(H,11,13). The zero-order chi connectivity index (χ0) is 10.5. The molecule has 0 aromatic heterocycles. The lowest BCUT2D eigenvalue weighted by Gasteiger charge is -2.10. The topological polar surface area (TPSA) is 75.3 Å². The van der Waals surface area contributed by atoms with Crippen LogP contribution in [0.15, 0.2) is 0 Å². The highest BCUT2D eigenvalue weighted by Crippen LogP contribution is 2.13. The summed E-state index contributed by atoms with van der Waals surface area (Å²) in [5.41, 5.74) is 5.19. The van der Waals surface area contributed by atoms with Crippen molar-refractivity contribution >= 4 is 5.91 Å². The average molecular weight is 200 g/mol. The third kappa shape index (κ3) is 5.42. The summed E-state index contributed by atoms with van der Waals surface area (Å²) >= 11 is 0. The van der Waals surface area contributed by atoms with Crippen molar-refractivity contribution in [2.24, 2.45) is 5.73 Å². The number of aliphatic hydroxyl groups is 1. The average Bonchev–Trinajstić information content (AvgIpc) is 2.02. The molecule has 1 unspecified atom stereocenters. The molecule has 0 bridgehead atoms. The quantitative estimate of drug-likeness (QED) is 0.565. The summed E-state index contributed by atoms with van der Waals surface area (Å²) in [5, 5.41) is 10.0. The van der Waals surface area contributed by atoms with E-state index in [9.17, 15) is 18.0 Å². The number of rotatable bonds is 4. The van der Waals surface area contributed by atoms with E-state index in [-0.39, 0.29) is 19.6 Å². The number of carbonyl (C=O) groups excluding carboxylic acids is 1. The Labute approximate surface area is 72.9 Å².